The van der Waals surface area contributed by atoms with Crippen molar-refractivity contribution in [3.05, 3.63) is 0 Å². The maximum atomic E-state index is 3.86. The van der Waals surface area contributed by atoms with Gasteiger partial charge in [0.25, 0.3) is 0 Å². The Morgan fingerprint density at radius 2 is 1.65 bits per heavy atom. The molecule has 0 aromatic heterocycles. The summed E-state index contributed by atoms with van der Waals surface area (Å²) in [5, 5.41) is 3.86. The van der Waals surface area contributed by atoms with Gasteiger partial charge in [0, 0.05) is 24.7 Å². The molecule has 1 saturated carbocycles. The first-order valence-corrected chi connectivity index (χ1v) is 9.25. The molecule has 1 heterocycles. The third kappa shape index (κ3) is 4.73. The molecule has 2 nitrogen and oxygen atoms in total. The predicted octanol–water partition coefficient (Wildman–Crippen LogP) is 4.34. The van der Waals surface area contributed by atoms with Crippen molar-refractivity contribution in [2.45, 2.75) is 96.1 Å². The molecule has 1 aliphatic carbocycles. The van der Waals surface area contributed by atoms with E-state index in [1.807, 2.05) is 0 Å². The van der Waals surface area contributed by atoms with E-state index >= 15 is 0 Å². The molecule has 1 atom stereocenters. The van der Waals surface area contributed by atoms with Crippen LogP contribution in [0.3, 0.4) is 0 Å². The molecular formula is C18H36N2. The largest absolute Gasteiger partial charge is 0.308 e. The van der Waals surface area contributed by atoms with E-state index in [-0.39, 0.29) is 0 Å². The summed E-state index contributed by atoms with van der Waals surface area (Å²) < 4.78 is 0. The number of nitrogens with one attached hydrogen (secondary N) is 1. The molecule has 1 aliphatic heterocycles. The molecule has 118 valence electrons. The third-order valence-electron chi connectivity index (χ3n) is 5.51. The van der Waals surface area contributed by atoms with Gasteiger partial charge in [0.15, 0.2) is 0 Å². The highest BCUT2D eigenvalue weighted by atomic mass is 15.2. The Balaban J connectivity index is 1.61. The first-order valence-electron chi connectivity index (χ1n) is 9.25. The minimum absolute atomic E-state index is 0.494. The highest BCUT2D eigenvalue weighted by Crippen LogP contribution is 2.33. The van der Waals surface area contributed by atoms with E-state index in [4.69, 9.17) is 0 Å². The lowest BCUT2D eigenvalue weighted by atomic mass is 9.92. The first-order chi connectivity index (χ1) is 9.76. The molecule has 2 rings (SSSR count). The van der Waals surface area contributed by atoms with Gasteiger partial charge in [-0.25, -0.2) is 0 Å². The Labute approximate surface area is 126 Å². The van der Waals surface area contributed by atoms with Crippen LogP contribution in [0.1, 0.15) is 84.5 Å². The van der Waals surface area contributed by atoms with Gasteiger partial charge in [0.2, 0.25) is 0 Å². The van der Waals surface area contributed by atoms with Gasteiger partial charge in [-0.05, 0) is 32.7 Å². The molecule has 0 amide bonds. The number of hydrogen-bond acceptors (Lipinski definition) is 2. The van der Waals surface area contributed by atoms with E-state index in [9.17, 15) is 0 Å². The minimum Gasteiger partial charge on any atom is -0.308 e. The number of hydrogen-bond donors (Lipinski definition) is 1. The normalized spacial score (nSPS) is 26.4. The molecule has 0 radical (unpaired) electrons. The minimum atomic E-state index is 0.494. The maximum absolute atomic E-state index is 3.86. The van der Waals surface area contributed by atoms with Gasteiger partial charge in [0.05, 0.1) is 0 Å². The Hall–Kier alpha value is -0.0800. The van der Waals surface area contributed by atoms with Crippen molar-refractivity contribution in [2.24, 2.45) is 0 Å². The summed E-state index contributed by atoms with van der Waals surface area (Å²) in [5.41, 5.74) is 0.494. The topological polar surface area (TPSA) is 15.3 Å². The summed E-state index contributed by atoms with van der Waals surface area (Å²) in [6.07, 6.45) is 15.7. The van der Waals surface area contributed by atoms with Crippen LogP contribution in [0.25, 0.3) is 0 Å². The molecule has 2 heteroatoms. The Kier molecular flexibility index (Phi) is 6.83. The zero-order valence-electron chi connectivity index (χ0n) is 13.9. The van der Waals surface area contributed by atoms with Gasteiger partial charge >= 0.3 is 0 Å². The zero-order chi connectivity index (χ0) is 14.3. The van der Waals surface area contributed by atoms with E-state index in [0.29, 0.717) is 5.54 Å². The molecule has 20 heavy (non-hydrogen) atoms. The van der Waals surface area contributed by atoms with Crippen molar-refractivity contribution in [3.8, 4) is 0 Å². The standard InChI is InChI=1S/C18H36N2/c1-3-4-5-6-7-8-11-14-20-16-18(12-9-10-13-18)19-15-17(20)2/h17,19H,3-16H2,1-2H3. The van der Waals surface area contributed by atoms with E-state index in [1.54, 1.807) is 0 Å². The van der Waals surface area contributed by atoms with Crippen molar-refractivity contribution in [3.63, 3.8) is 0 Å². The first kappa shape index (κ1) is 16.3. The van der Waals surface area contributed by atoms with Crippen LogP contribution < -0.4 is 5.32 Å². The fourth-order valence-corrected chi connectivity index (χ4v) is 4.05. The van der Waals surface area contributed by atoms with Crippen molar-refractivity contribution in [2.75, 3.05) is 19.6 Å². The lowest BCUT2D eigenvalue weighted by molar-refractivity contribution is 0.0874. The number of piperazine rings is 1. The van der Waals surface area contributed by atoms with Gasteiger partial charge in [-0.2, -0.15) is 0 Å². The average Bonchev–Trinajstić information content (AvgIpc) is 2.90. The number of unbranched alkanes of at least 4 members (excludes halogenated alkanes) is 6. The Morgan fingerprint density at radius 3 is 2.35 bits per heavy atom. The van der Waals surface area contributed by atoms with E-state index in [0.717, 1.165) is 6.04 Å². The van der Waals surface area contributed by atoms with E-state index in [2.05, 4.69) is 24.1 Å². The predicted molar refractivity (Wildman–Crippen MR) is 88.2 cm³/mol. The molecule has 0 aromatic carbocycles. The van der Waals surface area contributed by atoms with Gasteiger partial charge in [-0.3, -0.25) is 4.90 Å². The highest BCUT2D eigenvalue weighted by Gasteiger charge is 2.39. The molecule has 0 bridgehead atoms. The Bertz CT molecular complexity index is 258. The monoisotopic (exact) mass is 280 g/mol. The second kappa shape index (κ2) is 8.38. The van der Waals surface area contributed by atoms with Crippen LogP contribution in [-0.2, 0) is 0 Å². The van der Waals surface area contributed by atoms with Gasteiger partial charge in [-0.1, -0.05) is 58.3 Å². The quantitative estimate of drug-likeness (QED) is 0.665. The van der Waals surface area contributed by atoms with Crippen LogP contribution in [0.15, 0.2) is 0 Å². The van der Waals surface area contributed by atoms with Crippen LogP contribution in [-0.4, -0.2) is 36.1 Å². The summed E-state index contributed by atoms with van der Waals surface area (Å²) in [4.78, 5) is 2.77. The maximum Gasteiger partial charge on any atom is 0.0309 e. The molecule has 1 unspecified atom stereocenters. The van der Waals surface area contributed by atoms with Crippen LogP contribution in [0.5, 0.6) is 0 Å². The van der Waals surface area contributed by atoms with E-state index < -0.39 is 0 Å². The second-order valence-electron chi connectivity index (χ2n) is 7.31. The summed E-state index contributed by atoms with van der Waals surface area (Å²) in [5.74, 6) is 0. The number of nitrogens with zero attached hydrogens (tertiary/aromatic N) is 1. The van der Waals surface area contributed by atoms with Crippen LogP contribution in [0, 0.1) is 0 Å². The van der Waals surface area contributed by atoms with Gasteiger partial charge in [-0.15, -0.1) is 0 Å². The van der Waals surface area contributed by atoms with Crippen LogP contribution in [0.2, 0.25) is 0 Å². The summed E-state index contributed by atoms with van der Waals surface area (Å²) in [6.45, 7) is 8.54. The lowest BCUT2D eigenvalue weighted by Crippen LogP contribution is -2.62. The smallest absolute Gasteiger partial charge is 0.0309 e. The van der Waals surface area contributed by atoms with E-state index in [1.165, 1.54) is 90.3 Å². The fraction of sp³-hybridized carbons (Fsp3) is 1.00. The van der Waals surface area contributed by atoms with Crippen LogP contribution >= 0.6 is 0 Å². The zero-order valence-corrected chi connectivity index (χ0v) is 13.9. The molecule has 2 aliphatic rings. The van der Waals surface area contributed by atoms with Gasteiger partial charge < -0.3 is 5.32 Å². The molecule has 1 spiro atoms. The molecular weight excluding hydrogens is 244 g/mol. The third-order valence-corrected chi connectivity index (χ3v) is 5.51. The summed E-state index contributed by atoms with van der Waals surface area (Å²) in [6, 6.07) is 0.737. The van der Waals surface area contributed by atoms with Crippen molar-refractivity contribution >= 4 is 0 Å². The van der Waals surface area contributed by atoms with Crippen molar-refractivity contribution in [1.82, 2.24) is 10.2 Å². The van der Waals surface area contributed by atoms with Crippen LogP contribution in [0.4, 0.5) is 0 Å². The lowest BCUT2D eigenvalue weighted by Gasteiger charge is -2.45. The fourth-order valence-electron chi connectivity index (χ4n) is 4.05. The van der Waals surface area contributed by atoms with Crippen molar-refractivity contribution < 1.29 is 0 Å². The molecule has 1 saturated heterocycles. The Morgan fingerprint density at radius 1 is 1.00 bits per heavy atom. The van der Waals surface area contributed by atoms with Gasteiger partial charge in [0.1, 0.15) is 0 Å². The summed E-state index contributed by atoms with van der Waals surface area (Å²) >= 11 is 0. The molecule has 2 fully saturated rings. The van der Waals surface area contributed by atoms with Crippen molar-refractivity contribution in [1.29, 1.82) is 0 Å². The average molecular weight is 280 g/mol. The highest BCUT2D eigenvalue weighted by molar-refractivity contribution is 5.00. The molecule has 1 N–H and O–H groups in total. The second-order valence-corrected chi connectivity index (χ2v) is 7.31. The summed E-state index contributed by atoms with van der Waals surface area (Å²) in [7, 11) is 0. The number of rotatable bonds is 8. The SMILES string of the molecule is CCCCCCCCCN1CC2(CCCC2)NCC1C. The molecule has 0 aromatic rings.